The molecule has 0 aromatic heterocycles. The number of hydrogen-bond donors (Lipinski definition) is 1. The third-order valence-electron chi connectivity index (χ3n) is 5.86. The van der Waals surface area contributed by atoms with Crippen molar-refractivity contribution >= 4 is 17.9 Å². The van der Waals surface area contributed by atoms with Crippen molar-refractivity contribution in [1.29, 1.82) is 0 Å². The predicted molar refractivity (Wildman–Crippen MR) is 120 cm³/mol. The number of methoxy groups -OCH3 is 1. The third kappa shape index (κ3) is 6.37. The van der Waals surface area contributed by atoms with E-state index in [0.29, 0.717) is 39.0 Å². The van der Waals surface area contributed by atoms with E-state index in [1.54, 1.807) is 12.0 Å². The van der Waals surface area contributed by atoms with E-state index >= 15 is 0 Å². The zero-order valence-electron chi connectivity index (χ0n) is 19.6. The number of piperidine rings is 1. The van der Waals surface area contributed by atoms with Crippen molar-refractivity contribution < 1.29 is 23.9 Å². The van der Waals surface area contributed by atoms with Gasteiger partial charge in [-0.15, -0.1) is 0 Å². The normalized spacial score (nSPS) is 21.4. The molecule has 8 heteroatoms. The Morgan fingerprint density at radius 1 is 1.22 bits per heavy atom. The summed E-state index contributed by atoms with van der Waals surface area (Å²) in [6.45, 7) is 7.60. The van der Waals surface area contributed by atoms with Gasteiger partial charge in [0, 0.05) is 32.6 Å². The van der Waals surface area contributed by atoms with E-state index in [4.69, 9.17) is 9.47 Å². The molecule has 2 saturated heterocycles. The van der Waals surface area contributed by atoms with Crippen LogP contribution in [0.2, 0.25) is 0 Å². The SMILES string of the molecule is COc1cccc(CN2C(=O)CC[C@H]2C(=O)N2CCC[C@@H](CNC(=O)OC(C)(C)C)C2)c1. The molecule has 176 valence electrons. The number of benzene rings is 1. The Morgan fingerprint density at radius 3 is 2.72 bits per heavy atom. The molecule has 2 atom stereocenters. The maximum absolute atomic E-state index is 13.3. The van der Waals surface area contributed by atoms with Crippen LogP contribution in [0.15, 0.2) is 24.3 Å². The number of nitrogens with one attached hydrogen (secondary N) is 1. The molecule has 8 nitrogen and oxygen atoms in total. The Hall–Kier alpha value is -2.77. The van der Waals surface area contributed by atoms with E-state index in [1.807, 2.05) is 49.9 Å². The van der Waals surface area contributed by atoms with E-state index in [2.05, 4.69) is 5.32 Å². The van der Waals surface area contributed by atoms with Gasteiger partial charge in [0.2, 0.25) is 11.8 Å². The van der Waals surface area contributed by atoms with Crippen LogP contribution in [0.25, 0.3) is 0 Å². The van der Waals surface area contributed by atoms with E-state index < -0.39 is 17.7 Å². The smallest absolute Gasteiger partial charge is 0.407 e. The zero-order valence-corrected chi connectivity index (χ0v) is 19.6. The number of ether oxygens (including phenoxy) is 2. The Labute approximate surface area is 190 Å². The first-order chi connectivity index (χ1) is 15.2. The van der Waals surface area contributed by atoms with E-state index in [-0.39, 0.29) is 17.7 Å². The van der Waals surface area contributed by atoms with E-state index in [0.717, 1.165) is 24.2 Å². The molecule has 0 spiro atoms. The Kier molecular flexibility index (Phi) is 7.64. The minimum Gasteiger partial charge on any atom is -0.497 e. The van der Waals surface area contributed by atoms with Crippen LogP contribution in [0.4, 0.5) is 4.79 Å². The highest BCUT2D eigenvalue weighted by Crippen LogP contribution is 2.26. The van der Waals surface area contributed by atoms with Crippen molar-refractivity contribution in [2.24, 2.45) is 5.92 Å². The molecule has 2 heterocycles. The second-order valence-corrected chi connectivity index (χ2v) is 9.60. The summed E-state index contributed by atoms with van der Waals surface area (Å²) in [4.78, 5) is 41.4. The number of nitrogens with zero attached hydrogens (tertiary/aromatic N) is 2. The summed E-state index contributed by atoms with van der Waals surface area (Å²) in [5.41, 5.74) is 0.398. The summed E-state index contributed by atoms with van der Waals surface area (Å²) >= 11 is 0. The van der Waals surface area contributed by atoms with Gasteiger partial charge in [-0.25, -0.2) is 4.79 Å². The minimum atomic E-state index is -0.542. The molecule has 3 rings (SSSR count). The van der Waals surface area contributed by atoms with Gasteiger partial charge in [0.05, 0.1) is 7.11 Å². The van der Waals surface area contributed by atoms with Crippen LogP contribution in [0.5, 0.6) is 5.75 Å². The summed E-state index contributed by atoms with van der Waals surface area (Å²) in [6.07, 6.45) is 2.31. The molecule has 2 aliphatic heterocycles. The minimum absolute atomic E-state index is 0.000661. The van der Waals surface area contributed by atoms with Crippen LogP contribution in [0.1, 0.15) is 52.0 Å². The predicted octanol–water partition coefficient (Wildman–Crippen LogP) is 2.95. The second kappa shape index (κ2) is 10.2. The van der Waals surface area contributed by atoms with E-state index in [1.165, 1.54) is 0 Å². The fourth-order valence-corrected chi connectivity index (χ4v) is 4.34. The van der Waals surface area contributed by atoms with Crippen LogP contribution in [0, 0.1) is 5.92 Å². The van der Waals surface area contributed by atoms with Gasteiger partial charge in [0.15, 0.2) is 0 Å². The molecule has 0 radical (unpaired) electrons. The maximum atomic E-state index is 13.3. The standard InChI is InChI=1S/C24H35N3O5/c1-24(2,3)32-23(30)25-14-18-8-6-12-26(15-18)22(29)20-10-11-21(28)27(20)16-17-7-5-9-19(13-17)31-4/h5,7,9,13,18,20H,6,8,10-12,14-16H2,1-4H3,(H,25,30)/t18-,20-/m0/s1. The van der Waals surface area contributed by atoms with Crippen molar-refractivity contribution in [3.63, 3.8) is 0 Å². The number of amides is 3. The maximum Gasteiger partial charge on any atom is 0.407 e. The lowest BCUT2D eigenvalue weighted by molar-refractivity contribution is -0.143. The quantitative estimate of drug-likeness (QED) is 0.727. The summed E-state index contributed by atoms with van der Waals surface area (Å²) in [5.74, 6) is 0.907. The molecule has 32 heavy (non-hydrogen) atoms. The first kappa shape index (κ1) is 23.9. The molecular weight excluding hydrogens is 410 g/mol. The average Bonchev–Trinajstić information content (AvgIpc) is 3.11. The summed E-state index contributed by atoms with van der Waals surface area (Å²) in [7, 11) is 1.61. The van der Waals surface area contributed by atoms with E-state index in [9.17, 15) is 14.4 Å². The van der Waals surface area contributed by atoms with Crippen molar-refractivity contribution in [2.45, 2.75) is 64.6 Å². The molecule has 0 saturated carbocycles. The van der Waals surface area contributed by atoms with Crippen LogP contribution in [-0.4, -0.2) is 66.1 Å². The van der Waals surface area contributed by atoms with Crippen LogP contribution < -0.4 is 10.1 Å². The molecule has 2 fully saturated rings. The molecule has 1 aromatic rings. The van der Waals surface area contributed by atoms with Crippen molar-refractivity contribution in [3.05, 3.63) is 29.8 Å². The van der Waals surface area contributed by atoms with Gasteiger partial charge in [-0.2, -0.15) is 0 Å². The summed E-state index contributed by atoms with van der Waals surface area (Å²) in [5, 5.41) is 2.82. The zero-order chi connectivity index (χ0) is 23.3. The highest BCUT2D eigenvalue weighted by atomic mass is 16.6. The van der Waals surface area contributed by atoms with Gasteiger partial charge in [-0.3, -0.25) is 9.59 Å². The first-order valence-electron chi connectivity index (χ1n) is 11.3. The number of rotatable bonds is 6. The first-order valence-corrected chi connectivity index (χ1v) is 11.3. The highest BCUT2D eigenvalue weighted by molar-refractivity contribution is 5.91. The van der Waals surface area contributed by atoms with Crippen LogP contribution >= 0.6 is 0 Å². The number of hydrogen-bond acceptors (Lipinski definition) is 5. The largest absolute Gasteiger partial charge is 0.497 e. The van der Waals surface area contributed by atoms with Gasteiger partial charge >= 0.3 is 6.09 Å². The number of likely N-dealkylation sites (tertiary alicyclic amines) is 2. The van der Waals surface area contributed by atoms with Gasteiger partial charge < -0.3 is 24.6 Å². The van der Waals surface area contributed by atoms with Crippen molar-refractivity contribution in [2.75, 3.05) is 26.7 Å². The summed E-state index contributed by atoms with van der Waals surface area (Å²) in [6, 6.07) is 7.14. The third-order valence-corrected chi connectivity index (χ3v) is 5.86. The van der Waals surface area contributed by atoms with Gasteiger partial charge in [-0.05, 0) is 63.6 Å². The van der Waals surface area contributed by atoms with Gasteiger partial charge in [-0.1, -0.05) is 12.1 Å². The van der Waals surface area contributed by atoms with Crippen molar-refractivity contribution in [1.82, 2.24) is 15.1 Å². The lowest BCUT2D eigenvalue weighted by Gasteiger charge is -2.36. The molecule has 1 aromatic carbocycles. The van der Waals surface area contributed by atoms with Gasteiger partial charge in [0.1, 0.15) is 17.4 Å². The molecular formula is C24H35N3O5. The lowest BCUT2D eigenvalue weighted by Crippen LogP contribution is -2.51. The second-order valence-electron chi connectivity index (χ2n) is 9.60. The molecule has 2 aliphatic rings. The summed E-state index contributed by atoms with van der Waals surface area (Å²) < 4.78 is 10.6. The Balaban J connectivity index is 1.58. The lowest BCUT2D eigenvalue weighted by atomic mass is 9.97. The molecule has 3 amide bonds. The van der Waals surface area contributed by atoms with Crippen LogP contribution in [0.3, 0.4) is 0 Å². The highest BCUT2D eigenvalue weighted by Gasteiger charge is 2.39. The molecule has 1 N–H and O–H groups in total. The van der Waals surface area contributed by atoms with Crippen molar-refractivity contribution in [3.8, 4) is 5.75 Å². The number of alkyl carbamates (subject to hydrolysis) is 1. The Morgan fingerprint density at radius 2 is 2.00 bits per heavy atom. The molecule has 0 unspecified atom stereocenters. The number of carbonyl (C=O) groups excluding carboxylic acids is 3. The number of carbonyl (C=O) groups is 3. The molecule has 0 bridgehead atoms. The fraction of sp³-hybridized carbons (Fsp3) is 0.625. The topological polar surface area (TPSA) is 88.2 Å². The monoisotopic (exact) mass is 445 g/mol. The van der Waals surface area contributed by atoms with Gasteiger partial charge in [0.25, 0.3) is 0 Å². The van der Waals surface area contributed by atoms with Crippen LogP contribution in [-0.2, 0) is 20.9 Å². The fourth-order valence-electron chi connectivity index (χ4n) is 4.34. The Bertz CT molecular complexity index is 835. The molecule has 0 aliphatic carbocycles. The average molecular weight is 446 g/mol.